The number of anilines is 1. The Hall–Kier alpha value is -2.65. The van der Waals surface area contributed by atoms with Gasteiger partial charge >= 0.3 is 6.61 Å². The van der Waals surface area contributed by atoms with Gasteiger partial charge in [-0.05, 0) is 6.07 Å². The van der Waals surface area contributed by atoms with Gasteiger partial charge in [0, 0.05) is 32.2 Å². The second-order valence-corrected chi connectivity index (χ2v) is 4.53. The van der Waals surface area contributed by atoms with E-state index in [2.05, 4.69) is 4.74 Å². The summed E-state index contributed by atoms with van der Waals surface area (Å²) in [5.41, 5.74) is -0.114. The molecule has 0 saturated carbocycles. The second kappa shape index (κ2) is 6.41. The number of rotatable bonds is 4. The van der Waals surface area contributed by atoms with Crippen molar-refractivity contribution in [3.63, 3.8) is 0 Å². The number of carboxylic acid groups (broad SMARTS) is 1. The van der Waals surface area contributed by atoms with Crippen molar-refractivity contribution in [2.75, 3.05) is 31.1 Å². The molecule has 0 aliphatic carbocycles. The van der Waals surface area contributed by atoms with E-state index >= 15 is 0 Å². The highest BCUT2D eigenvalue weighted by molar-refractivity contribution is 5.65. The molecule has 0 spiro atoms. The number of alkyl halides is 2. The maximum atomic E-state index is 12.5. The average molecular weight is 316 g/mol. The van der Waals surface area contributed by atoms with Crippen LogP contribution in [0, 0.1) is 10.1 Å². The number of carbonyl (C=O) groups is 1. The second-order valence-electron chi connectivity index (χ2n) is 4.53. The van der Waals surface area contributed by atoms with Gasteiger partial charge in [-0.15, -0.1) is 0 Å². The highest BCUT2D eigenvalue weighted by Gasteiger charge is 2.23. The third kappa shape index (κ3) is 3.51. The number of nitrogens with zero attached hydrogens (tertiary/aromatic N) is 3. The molecule has 0 N–H and O–H groups in total. The van der Waals surface area contributed by atoms with Crippen LogP contribution in [-0.2, 0) is 0 Å². The van der Waals surface area contributed by atoms with Crippen molar-refractivity contribution in [1.82, 2.24) is 4.90 Å². The van der Waals surface area contributed by atoms with E-state index in [1.807, 2.05) is 0 Å². The maximum absolute atomic E-state index is 12.5. The van der Waals surface area contributed by atoms with Crippen molar-refractivity contribution >= 4 is 17.5 Å². The fourth-order valence-corrected chi connectivity index (χ4v) is 2.20. The monoisotopic (exact) mass is 316 g/mol. The number of benzene rings is 1. The van der Waals surface area contributed by atoms with Gasteiger partial charge in [0.15, 0.2) is 5.75 Å². The number of non-ortho nitro benzene ring substituents is 1. The standard InChI is InChI=1S/C12H13F2N3O5/c13-11(14)22-10-7-8(17(20)21)1-2-9(10)15-3-5-16(6-4-15)12(18)19/h1-2,7,11H,3-6H2,(H,18,19)/p-1. The number of piperazine rings is 1. The van der Waals surface area contributed by atoms with Crippen LogP contribution in [0.2, 0.25) is 0 Å². The van der Waals surface area contributed by atoms with Crippen molar-refractivity contribution in [2.45, 2.75) is 6.61 Å². The molecule has 1 aromatic rings. The largest absolute Gasteiger partial charge is 0.530 e. The third-order valence-electron chi connectivity index (χ3n) is 3.25. The summed E-state index contributed by atoms with van der Waals surface area (Å²) in [4.78, 5) is 23.4. The first-order valence-electron chi connectivity index (χ1n) is 6.32. The molecule has 0 atom stereocenters. The lowest BCUT2D eigenvalue weighted by molar-refractivity contribution is -0.385. The highest BCUT2D eigenvalue weighted by atomic mass is 19.3. The first-order chi connectivity index (χ1) is 10.4. The van der Waals surface area contributed by atoms with Gasteiger partial charge in [-0.1, -0.05) is 0 Å². The molecule has 22 heavy (non-hydrogen) atoms. The summed E-state index contributed by atoms with van der Waals surface area (Å²) in [7, 11) is 0. The minimum absolute atomic E-state index is 0.146. The number of nitro benzene ring substituents is 1. The van der Waals surface area contributed by atoms with Gasteiger partial charge in [0.05, 0.1) is 16.7 Å². The highest BCUT2D eigenvalue weighted by Crippen LogP contribution is 2.34. The lowest BCUT2D eigenvalue weighted by Crippen LogP contribution is -2.52. The first kappa shape index (κ1) is 15.7. The van der Waals surface area contributed by atoms with Crippen LogP contribution in [0.15, 0.2) is 18.2 Å². The number of nitro groups is 1. The number of amides is 1. The maximum Gasteiger partial charge on any atom is 0.387 e. The molecule has 0 aromatic heterocycles. The van der Waals surface area contributed by atoms with Crippen molar-refractivity contribution in [3.8, 4) is 5.75 Å². The predicted octanol–water partition coefficient (Wildman–Crippen LogP) is 0.661. The molecule has 1 heterocycles. The Labute approximate surface area is 123 Å². The summed E-state index contributed by atoms with van der Waals surface area (Å²) in [5.74, 6) is -0.314. The Morgan fingerprint density at radius 3 is 2.41 bits per heavy atom. The van der Waals surface area contributed by atoms with Gasteiger partial charge in [-0.25, -0.2) is 0 Å². The Bertz CT molecular complexity index is 576. The van der Waals surface area contributed by atoms with Gasteiger partial charge in [0.25, 0.3) is 5.69 Å². The SMILES string of the molecule is O=C([O-])N1CCN(c2ccc([N+](=O)[O-])cc2OC(F)F)CC1. The summed E-state index contributed by atoms with van der Waals surface area (Å²) in [6.45, 7) is -2.34. The Balaban J connectivity index is 2.22. The molecule has 1 saturated heterocycles. The summed E-state index contributed by atoms with van der Waals surface area (Å²) >= 11 is 0. The molecule has 1 aliphatic heterocycles. The van der Waals surface area contributed by atoms with Gasteiger partial charge in [-0.2, -0.15) is 8.78 Å². The van der Waals surface area contributed by atoms with Gasteiger partial charge in [0.2, 0.25) is 0 Å². The molecule has 0 bridgehead atoms. The number of ether oxygens (including phenoxy) is 1. The van der Waals surface area contributed by atoms with E-state index in [1.165, 1.54) is 12.1 Å². The molecule has 2 rings (SSSR count). The summed E-state index contributed by atoms with van der Waals surface area (Å²) in [6.07, 6.45) is -1.30. The molecule has 1 fully saturated rings. The van der Waals surface area contributed by atoms with E-state index < -0.39 is 17.6 Å². The zero-order valence-corrected chi connectivity index (χ0v) is 11.3. The van der Waals surface area contributed by atoms with Crippen LogP contribution in [0.4, 0.5) is 25.0 Å². The molecule has 10 heteroatoms. The number of halogens is 2. The number of hydrogen-bond acceptors (Lipinski definition) is 6. The normalized spacial score (nSPS) is 15.0. The van der Waals surface area contributed by atoms with Crippen LogP contribution in [0.1, 0.15) is 0 Å². The lowest BCUT2D eigenvalue weighted by atomic mass is 10.2. The van der Waals surface area contributed by atoms with Gasteiger partial charge in [-0.3, -0.25) is 10.1 Å². The van der Waals surface area contributed by atoms with E-state index in [1.54, 1.807) is 4.90 Å². The Morgan fingerprint density at radius 1 is 1.27 bits per heavy atom. The van der Waals surface area contributed by atoms with Crippen molar-refractivity contribution in [1.29, 1.82) is 0 Å². The van der Waals surface area contributed by atoms with Crippen molar-refractivity contribution in [3.05, 3.63) is 28.3 Å². The van der Waals surface area contributed by atoms with E-state index in [0.29, 0.717) is 0 Å². The quantitative estimate of drug-likeness (QED) is 0.598. The first-order valence-corrected chi connectivity index (χ1v) is 6.32. The van der Waals surface area contributed by atoms with Crippen molar-refractivity contribution in [2.24, 2.45) is 0 Å². The van der Waals surface area contributed by atoms with Gasteiger partial charge in [0.1, 0.15) is 6.09 Å². The van der Waals surface area contributed by atoms with E-state index in [0.717, 1.165) is 11.0 Å². The minimum Gasteiger partial charge on any atom is -0.530 e. The average Bonchev–Trinajstić information content (AvgIpc) is 2.46. The third-order valence-corrected chi connectivity index (χ3v) is 3.25. The zero-order chi connectivity index (χ0) is 16.3. The van der Waals surface area contributed by atoms with E-state index in [4.69, 9.17) is 0 Å². The smallest absolute Gasteiger partial charge is 0.387 e. The lowest BCUT2D eigenvalue weighted by Gasteiger charge is -2.37. The van der Waals surface area contributed by atoms with Crippen LogP contribution in [-0.4, -0.2) is 48.7 Å². The predicted molar refractivity (Wildman–Crippen MR) is 68.9 cm³/mol. The topological polar surface area (TPSA) is 99.0 Å². The van der Waals surface area contributed by atoms with Crippen LogP contribution in [0.25, 0.3) is 0 Å². The van der Waals surface area contributed by atoms with Crippen LogP contribution in [0.5, 0.6) is 5.75 Å². The minimum atomic E-state index is -3.12. The Morgan fingerprint density at radius 2 is 1.91 bits per heavy atom. The van der Waals surface area contributed by atoms with Crippen molar-refractivity contribution < 1.29 is 28.3 Å². The zero-order valence-electron chi connectivity index (χ0n) is 11.3. The Kier molecular flexibility index (Phi) is 4.59. The molecule has 0 unspecified atom stereocenters. The van der Waals surface area contributed by atoms with Crippen LogP contribution < -0.4 is 14.7 Å². The van der Waals surface area contributed by atoms with Gasteiger partial charge < -0.3 is 24.4 Å². The molecule has 8 nitrogen and oxygen atoms in total. The van der Waals surface area contributed by atoms with E-state index in [-0.39, 0.29) is 43.3 Å². The molecule has 1 aliphatic rings. The molecular weight excluding hydrogens is 304 g/mol. The fourth-order valence-electron chi connectivity index (χ4n) is 2.20. The molecule has 1 aromatic carbocycles. The molecular formula is C12H12F2N3O5-. The van der Waals surface area contributed by atoms with Crippen LogP contribution >= 0.6 is 0 Å². The summed E-state index contributed by atoms with van der Waals surface area (Å²) < 4.78 is 29.3. The number of carbonyl (C=O) groups excluding carboxylic acids is 1. The van der Waals surface area contributed by atoms with E-state index in [9.17, 15) is 28.8 Å². The molecule has 1 amide bonds. The number of hydrogen-bond donors (Lipinski definition) is 0. The summed E-state index contributed by atoms with van der Waals surface area (Å²) in [6, 6.07) is 3.41. The van der Waals surface area contributed by atoms with Crippen LogP contribution in [0.3, 0.4) is 0 Å². The summed E-state index contributed by atoms with van der Waals surface area (Å²) in [5, 5.41) is 21.4. The molecule has 0 radical (unpaired) electrons. The molecule has 120 valence electrons. The fraction of sp³-hybridized carbons (Fsp3) is 0.417.